The largest absolute Gasteiger partial charge is 0.468 e. The third-order valence-electron chi connectivity index (χ3n) is 5.51. The molecule has 0 aromatic heterocycles. The van der Waals surface area contributed by atoms with Crippen LogP contribution in [0, 0.1) is 6.92 Å². The van der Waals surface area contributed by atoms with Crippen LogP contribution in [-0.4, -0.2) is 56.2 Å². The molecular weight excluding hydrogens is 452 g/mol. The molecular formula is C23H27ClN2O5S. The van der Waals surface area contributed by atoms with Gasteiger partial charge >= 0.3 is 5.97 Å². The van der Waals surface area contributed by atoms with E-state index in [0.717, 1.165) is 24.8 Å². The molecule has 1 aliphatic rings. The van der Waals surface area contributed by atoms with Gasteiger partial charge in [-0.2, -0.15) is 4.31 Å². The van der Waals surface area contributed by atoms with Crippen LogP contribution in [0.1, 0.15) is 40.7 Å². The highest BCUT2D eigenvalue weighted by atomic mass is 35.5. The SMILES string of the molecule is COC(=O)CN(Cc1ccc(Cl)cc1)C(=O)c1cc(S(=O)(=O)N2CCCCC2)ccc1C. The van der Waals surface area contributed by atoms with Crippen molar-refractivity contribution in [1.29, 1.82) is 0 Å². The number of halogens is 1. The van der Waals surface area contributed by atoms with E-state index in [2.05, 4.69) is 0 Å². The van der Waals surface area contributed by atoms with Gasteiger partial charge in [-0.15, -0.1) is 0 Å². The summed E-state index contributed by atoms with van der Waals surface area (Å²) in [6.45, 7) is 2.58. The third kappa shape index (κ3) is 5.68. The molecule has 0 radical (unpaired) electrons. The summed E-state index contributed by atoms with van der Waals surface area (Å²) in [5.74, 6) is -1.01. The van der Waals surface area contributed by atoms with Gasteiger partial charge in [-0.3, -0.25) is 9.59 Å². The highest BCUT2D eigenvalue weighted by molar-refractivity contribution is 7.89. The average molecular weight is 479 g/mol. The molecule has 172 valence electrons. The fourth-order valence-electron chi connectivity index (χ4n) is 3.65. The molecule has 0 N–H and O–H groups in total. The predicted molar refractivity (Wildman–Crippen MR) is 122 cm³/mol. The van der Waals surface area contributed by atoms with Crippen LogP contribution in [0.2, 0.25) is 5.02 Å². The Morgan fingerprint density at radius 2 is 1.72 bits per heavy atom. The van der Waals surface area contributed by atoms with Crippen molar-refractivity contribution in [2.45, 2.75) is 37.6 Å². The lowest BCUT2D eigenvalue weighted by atomic mass is 10.1. The number of hydrogen-bond acceptors (Lipinski definition) is 5. The van der Waals surface area contributed by atoms with Gasteiger partial charge < -0.3 is 9.64 Å². The van der Waals surface area contributed by atoms with E-state index in [-0.39, 0.29) is 23.5 Å². The minimum Gasteiger partial charge on any atom is -0.468 e. The zero-order chi connectivity index (χ0) is 23.3. The van der Waals surface area contributed by atoms with Gasteiger partial charge in [0.1, 0.15) is 6.54 Å². The molecule has 0 spiro atoms. The Balaban J connectivity index is 1.93. The minimum absolute atomic E-state index is 0.0814. The van der Waals surface area contributed by atoms with E-state index in [1.807, 2.05) is 0 Å². The molecule has 32 heavy (non-hydrogen) atoms. The van der Waals surface area contributed by atoms with Gasteiger partial charge in [0.25, 0.3) is 5.91 Å². The number of ether oxygens (including phenoxy) is 1. The molecule has 2 aromatic rings. The highest BCUT2D eigenvalue weighted by Crippen LogP contribution is 2.24. The van der Waals surface area contributed by atoms with Crippen molar-refractivity contribution >= 4 is 33.5 Å². The molecule has 1 fully saturated rings. The van der Waals surface area contributed by atoms with E-state index in [1.54, 1.807) is 37.3 Å². The van der Waals surface area contributed by atoms with Crippen LogP contribution in [-0.2, 0) is 26.1 Å². The maximum atomic E-state index is 13.4. The van der Waals surface area contributed by atoms with Crippen molar-refractivity contribution in [3.05, 3.63) is 64.2 Å². The maximum absolute atomic E-state index is 13.4. The first-order chi connectivity index (χ1) is 15.2. The van der Waals surface area contributed by atoms with Crippen LogP contribution in [0.4, 0.5) is 0 Å². The molecule has 0 aliphatic carbocycles. The average Bonchev–Trinajstić information content (AvgIpc) is 2.80. The summed E-state index contributed by atoms with van der Waals surface area (Å²) < 4.78 is 32.4. The lowest BCUT2D eigenvalue weighted by Crippen LogP contribution is -2.37. The molecule has 1 saturated heterocycles. The van der Waals surface area contributed by atoms with Gasteiger partial charge in [-0.25, -0.2) is 8.42 Å². The van der Waals surface area contributed by atoms with Crippen molar-refractivity contribution in [3.8, 4) is 0 Å². The van der Waals surface area contributed by atoms with Gasteiger partial charge in [0.2, 0.25) is 10.0 Å². The number of rotatable bonds is 7. The maximum Gasteiger partial charge on any atom is 0.325 e. The fourth-order valence-corrected chi connectivity index (χ4v) is 5.32. The Bertz CT molecular complexity index is 1080. The summed E-state index contributed by atoms with van der Waals surface area (Å²) >= 11 is 5.94. The number of carbonyl (C=O) groups is 2. The molecule has 1 amide bonds. The Morgan fingerprint density at radius 1 is 1.06 bits per heavy atom. The molecule has 0 unspecified atom stereocenters. The smallest absolute Gasteiger partial charge is 0.325 e. The van der Waals surface area contributed by atoms with Crippen LogP contribution in [0.5, 0.6) is 0 Å². The molecule has 0 atom stereocenters. The van der Waals surface area contributed by atoms with Gasteiger partial charge in [0.05, 0.1) is 12.0 Å². The third-order valence-corrected chi connectivity index (χ3v) is 7.66. The molecule has 7 nitrogen and oxygen atoms in total. The van der Waals surface area contributed by atoms with Crippen molar-refractivity contribution in [3.63, 3.8) is 0 Å². The zero-order valence-corrected chi connectivity index (χ0v) is 19.8. The second-order valence-electron chi connectivity index (χ2n) is 7.81. The molecule has 0 saturated carbocycles. The number of piperidine rings is 1. The van der Waals surface area contributed by atoms with E-state index in [9.17, 15) is 18.0 Å². The Labute approximate surface area is 194 Å². The lowest BCUT2D eigenvalue weighted by Gasteiger charge is -2.26. The lowest BCUT2D eigenvalue weighted by molar-refractivity contribution is -0.141. The van der Waals surface area contributed by atoms with Crippen LogP contribution < -0.4 is 0 Å². The molecule has 2 aromatic carbocycles. The van der Waals surface area contributed by atoms with E-state index >= 15 is 0 Å². The number of amides is 1. The summed E-state index contributed by atoms with van der Waals surface area (Å²) in [6, 6.07) is 11.5. The Morgan fingerprint density at radius 3 is 2.34 bits per heavy atom. The van der Waals surface area contributed by atoms with Gasteiger partial charge in [-0.05, 0) is 55.2 Å². The normalized spacial score (nSPS) is 14.7. The van der Waals surface area contributed by atoms with E-state index in [1.165, 1.54) is 28.4 Å². The van der Waals surface area contributed by atoms with Crippen molar-refractivity contribution in [2.75, 3.05) is 26.7 Å². The van der Waals surface area contributed by atoms with Crippen LogP contribution in [0.25, 0.3) is 0 Å². The fraction of sp³-hybridized carbons (Fsp3) is 0.391. The first kappa shape index (κ1) is 24.2. The summed E-state index contributed by atoms with van der Waals surface area (Å²) in [5.41, 5.74) is 1.64. The van der Waals surface area contributed by atoms with Crippen molar-refractivity contribution < 1.29 is 22.7 Å². The van der Waals surface area contributed by atoms with E-state index in [0.29, 0.717) is 23.7 Å². The summed E-state index contributed by atoms with van der Waals surface area (Å²) in [5, 5.41) is 0.561. The first-order valence-electron chi connectivity index (χ1n) is 10.4. The summed E-state index contributed by atoms with van der Waals surface area (Å²) in [7, 11) is -2.44. The van der Waals surface area contributed by atoms with Crippen LogP contribution in [0.3, 0.4) is 0 Å². The first-order valence-corrected chi connectivity index (χ1v) is 12.3. The molecule has 0 bridgehead atoms. The quantitative estimate of drug-likeness (QED) is 0.567. The van der Waals surface area contributed by atoms with E-state index < -0.39 is 21.9 Å². The van der Waals surface area contributed by atoms with Crippen LogP contribution in [0.15, 0.2) is 47.4 Å². The van der Waals surface area contributed by atoms with Gasteiger partial charge in [-0.1, -0.05) is 36.2 Å². The number of sulfonamides is 1. The number of carbonyl (C=O) groups excluding carboxylic acids is 2. The van der Waals surface area contributed by atoms with Gasteiger partial charge in [0.15, 0.2) is 0 Å². The Hall–Kier alpha value is -2.42. The predicted octanol–water partition coefficient (Wildman–Crippen LogP) is 3.64. The standard InChI is InChI=1S/C23H27ClN2O5S/c1-17-6-11-20(32(29,30)26-12-4-3-5-13-26)14-21(17)23(28)25(16-22(27)31-2)15-18-7-9-19(24)10-8-18/h6-11,14H,3-5,12-13,15-16H2,1-2H3. The van der Waals surface area contributed by atoms with Crippen molar-refractivity contribution in [2.24, 2.45) is 0 Å². The topological polar surface area (TPSA) is 84.0 Å². The second-order valence-corrected chi connectivity index (χ2v) is 10.2. The monoisotopic (exact) mass is 478 g/mol. The molecule has 1 aliphatic heterocycles. The highest BCUT2D eigenvalue weighted by Gasteiger charge is 2.28. The molecule has 3 rings (SSSR count). The number of methoxy groups -OCH3 is 1. The van der Waals surface area contributed by atoms with Crippen LogP contribution >= 0.6 is 11.6 Å². The Kier molecular flexibility index (Phi) is 7.92. The molecule has 1 heterocycles. The number of benzene rings is 2. The number of aryl methyl sites for hydroxylation is 1. The zero-order valence-electron chi connectivity index (χ0n) is 18.2. The molecule has 9 heteroatoms. The van der Waals surface area contributed by atoms with Gasteiger partial charge in [0, 0.05) is 30.2 Å². The van der Waals surface area contributed by atoms with Crippen molar-refractivity contribution in [1.82, 2.24) is 9.21 Å². The summed E-state index contributed by atoms with van der Waals surface area (Å²) in [6.07, 6.45) is 2.66. The minimum atomic E-state index is -3.70. The number of nitrogens with zero attached hydrogens (tertiary/aromatic N) is 2. The summed E-state index contributed by atoms with van der Waals surface area (Å²) in [4.78, 5) is 26.8. The number of hydrogen-bond donors (Lipinski definition) is 0. The second kappa shape index (κ2) is 10.5. The number of esters is 1. The van der Waals surface area contributed by atoms with E-state index in [4.69, 9.17) is 16.3 Å².